The molecule has 0 radical (unpaired) electrons. The fourth-order valence-electron chi connectivity index (χ4n) is 3.29. The number of nitrogens with one attached hydrogen (secondary N) is 2. The molecule has 144 valence electrons. The lowest BCUT2D eigenvalue weighted by Gasteiger charge is -2.35. The molecule has 1 fully saturated rings. The number of hydrogen-bond acceptors (Lipinski definition) is 3. The maximum Gasteiger partial charge on any atom is 0.317 e. The molecule has 1 unspecified atom stereocenters. The van der Waals surface area contributed by atoms with Gasteiger partial charge in [-0.2, -0.15) is 0 Å². The number of likely N-dealkylation sites (tertiary alicyclic amines) is 1. The molecule has 0 bridgehead atoms. The number of piperidine rings is 1. The van der Waals surface area contributed by atoms with Gasteiger partial charge in [0.15, 0.2) is 0 Å². The van der Waals surface area contributed by atoms with E-state index >= 15 is 0 Å². The van der Waals surface area contributed by atoms with Crippen LogP contribution in [-0.4, -0.2) is 61.5 Å². The van der Waals surface area contributed by atoms with E-state index in [1.807, 2.05) is 42.1 Å². The summed E-state index contributed by atoms with van der Waals surface area (Å²) in [6.07, 6.45) is 4.36. The van der Waals surface area contributed by atoms with E-state index in [2.05, 4.69) is 17.6 Å². The average Bonchev–Trinajstić information content (AvgIpc) is 2.65. The fourth-order valence-corrected chi connectivity index (χ4v) is 3.29. The minimum atomic E-state index is -0.0814. The number of carbonyl (C=O) groups is 2. The number of carbonyl (C=O) groups excluding carboxylic acids is 2. The van der Waals surface area contributed by atoms with Gasteiger partial charge in [0.25, 0.3) is 5.91 Å². The van der Waals surface area contributed by atoms with Crippen LogP contribution in [0.25, 0.3) is 0 Å². The molecular weight excluding hydrogens is 328 g/mol. The van der Waals surface area contributed by atoms with Gasteiger partial charge in [-0.1, -0.05) is 19.1 Å². The third-order valence-electron chi connectivity index (χ3n) is 4.84. The minimum Gasteiger partial charge on any atom is -0.351 e. The molecule has 0 aromatic heterocycles. The zero-order valence-electron chi connectivity index (χ0n) is 16.3. The third-order valence-corrected chi connectivity index (χ3v) is 4.84. The molecule has 6 nitrogen and oxygen atoms in total. The van der Waals surface area contributed by atoms with Crippen molar-refractivity contribution in [3.05, 3.63) is 35.4 Å². The van der Waals surface area contributed by atoms with Gasteiger partial charge in [-0.15, -0.1) is 0 Å². The first-order valence-electron chi connectivity index (χ1n) is 9.57. The van der Waals surface area contributed by atoms with Gasteiger partial charge in [0.2, 0.25) is 0 Å². The second-order valence-electron chi connectivity index (χ2n) is 7.17. The number of benzene rings is 1. The second-order valence-corrected chi connectivity index (χ2v) is 7.17. The topological polar surface area (TPSA) is 64.7 Å². The molecule has 1 heterocycles. The molecule has 0 spiro atoms. The van der Waals surface area contributed by atoms with Crippen molar-refractivity contribution in [2.45, 2.75) is 45.2 Å². The highest BCUT2D eigenvalue weighted by Crippen LogP contribution is 2.19. The molecule has 1 aromatic carbocycles. The SMILES string of the molecule is CCC1CCCCN1C(=O)NCc1cccc(C(=O)NCCN(C)C)c1. The van der Waals surface area contributed by atoms with Gasteiger partial charge in [-0.3, -0.25) is 4.79 Å². The molecule has 3 amide bonds. The van der Waals surface area contributed by atoms with E-state index < -0.39 is 0 Å². The second kappa shape index (κ2) is 10.2. The van der Waals surface area contributed by atoms with Crippen LogP contribution in [0.1, 0.15) is 48.5 Å². The molecule has 0 aliphatic carbocycles. The van der Waals surface area contributed by atoms with Crippen LogP contribution >= 0.6 is 0 Å². The Labute approximate surface area is 156 Å². The summed E-state index contributed by atoms with van der Waals surface area (Å²) in [6.45, 7) is 4.81. The number of urea groups is 1. The maximum atomic E-state index is 12.5. The highest BCUT2D eigenvalue weighted by atomic mass is 16.2. The maximum absolute atomic E-state index is 12.5. The van der Waals surface area contributed by atoms with Gasteiger partial charge in [-0.25, -0.2) is 4.79 Å². The van der Waals surface area contributed by atoms with Crippen LogP contribution in [0.15, 0.2) is 24.3 Å². The van der Waals surface area contributed by atoms with Crippen LogP contribution in [0.4, 0.5) is 4.79 Å². The quantitative estimate of drug-likeness (QED) is 0.785. The monoisotopic (exact) mass is 360 g/mol. The predicted octanol–water partition coefficient (Wildman–Crippen LogP) is 2.45. The molecular formula is C20H32N4O2. The highest BCUT2D eigenvalue weighted by molar-refractivity contribution is 5.94. The Kier molecular flexibility index (Phi) is 7.91. The van der Waals surface area contributed by atoms with Crippen molar-refractivity contribution in [2.24, 2.45) is 0 Å². The lowest BCUT2D eigenvalue weighted by Crippen LogP contribution is -2.48. The molecule has 2 rings (SSSR count). The molecule has 1 atom stereocenters. The van der Waals surface area contributed by atoms with E-state index in [9.17, 15) is 9.59 Å². The summed E-state index contributed by atoms with van der Waals surface area (Å²) in [6, 6.07) is 7.78. The molecule has 1 aliphatic heterocycles. The molecule has 0 saturated carbocycles. The van der Waals surface area contributed by atoms with E-state index in [0.29, 0.717) is 24.7 Å². The van der Waals surface area contributed by atoms with Gasteiger partial charge in [0.05, 0.1) is 0 Å². The summed E-state index contributed by atoms with van der Waals surface area (Å²) in [5.74, 6) is -0.0814. The van der Waals surface area contributed by atoms with Crippen LogP contribution < -0.4 is 10.6 Å². The third kappa shape index (κ3) is 6.02. The Balaban J connectivity index is 1.87. The number of nitrogens with zero attached hydrogens (tertiary/aromatic N) is 2. The van der Waals surface area contributed by atoms with Crippen molar-refractivity contribution in [1.29, 1.82) is 0 Å². The number of rotatable bonds is 7. The Morgan fingerprint density at radius 1 is 1.23 bits per heavy atom. The normalized spacial score (nSPS) is 17.2. The van der Waals surface area contributed by atoms with Gasteiger partial charge < -0.3 is 20.4 Å². The predicted molar refractivity (Wildman–Crippen MR) is 104 cm³/mol. The van der Waals surface area contributed by atoms with Crippen LogP contribution in [0.5, 0.6) is 0 Å². The summed E-state index contributed by atoms with van der Waals surface area (Å²) >= 11 is 0. The van der Waals surface area contributed by atoms with E-state index in [4.69, 9.17) is 0 Å². The first kappa shape index (κ1) is 20.2. The van der Waals surface area contributed by atoms with Crippen molar-refractivity contribution in [3.8, 4) is 0 Å². The lowest BCUT2D eigenvalue weighted by molar-refractivity contribution is 0.0951. The summed E-state index contributed by atoms with van der Waals surface area (Å²) in [5.41, 5.74) is 1.56. The van der Waals surface area contributed by atoms with Gasteiger partial charge in [0, 0.05) is 37.8 Å². The zero-order valence-corrected chi connectivity index (χ0v) is 16.3. The summed E-state index contributed by atoms with van der Waals surface area (Å²) in [7, 11) is 3.95. The Hall–Kier alpha value is -2.08. The number of likely N-dealkylation sites (N-methyl/N-ethyl adjacent to an activating group) is 1. The standard InChI is InChI=1S/C20H32N4O2/c1-4-18-10-5-6-12-24(18)20(26)22-15-16-8-7-9-17(14-16)19(25)21-11-13-23(2)3/h7-9,14,18H,4-6,10-13,15H2,1-3H3,(H,21,25)(H,22,26). The van der Waals surface area contributed by atoms with Crippen LogP contribution in [-0.2, 0) is 6.54 Å². The van der Waals surface area contributed by atoms with Gasteiger partial charge in [0.1, 0.15) is 0 Å². The van der Waals surface area contributed by atoms with Crippen LogP contribution in [0.3, 0.4) is 0 Å². The zero-order chi connectivity index (χ0) is 18.9. The number of amides is 3. The van der Waals surface area contributed by atoms with E-state index in [-0.39, 0.29) is 11.9 Å². The minimum absolute atomic E-state index is 0.00242. The molecule has 6 heteroatoms. The van der Waals surface area contributed by atoms with Crippen molar-refractivity contribution in [1.82, 2.24) is 20.4 Å². The van der Waals surface area contributed by atoms with Crippen molar-refractivity contribution >= 4 is 11.9 Å². The van der Waals surface area contributed by atoms with Gasteiger partial charge >= 0.3 is 6.03 Å². The average molecular weight is 361 g/mol. The van der Waals surface area contributed by atoms with Crippen molar-refractivity contribution < 1.29 is 9.59 Å². The highest BCUT2D eigenvalue weighted by Gasteiger charge is 2.24. The summed E-state index contributed by atoms with van der Waals surface area (Å²) in [4.78, 5) is 28.7. The van der Waals surface area contributed by atoms with Crippen molar-refractivity contribution in [3.63, 3.8) is 0 Å². The molecule has 1 saturated heterocycles. The molecule has 1 aromatic rings. The Morgan fingerprint density at radius 2 is 2.04 bits per heavy atom. The van der Waals surface area contributed by atoms with E-state index in [1.54, 1.807) is 6.07 Å². The fraction of sp³-hybridized carbons (Fsp3) is 0.600. The number of hydrogen-bond donors (Lipinski definition) is 2. The first-order valence-corrected chi connectivity index (χ1v) is 9.57. The summed E-state index contributed by atoms with van der Waals surface area (Å²) < 4.78 is 0. The van der Waals surface area contributed by atoms with Crippen LogP contribution in [0.2, 0.25) is 0 Å². The Morgan fingerprint density at radius 3 is 2.77 bits per heavy atom. The lowest BCUT2D eigenvalue weighted by atomic mass is 10.0. The molecule has 1 aliphatic rings. The smallest absolute Gasteiger partial charge is 0.317 e. The van der Waals surface area contributed by atoms with Crippen molar-refractivity contribution in [2.75, 3.05) is 33.7 Å². The van der Waals surface area contributed by atoms with E-state index in [1.165, 1.54) is 6.42 Å². The Bertz CT molecular complexity index is 603. The summed E-state index contributed by atoms with van der Waals surface area (Å²) in [5, 5.41) is 5.92. The molecule has 26 heavy (non-hydrogen) atoms. The van der Waals surface area contributed by atoms with Crippen LogP contribution in [0, 0.1) is 0 Å². The largest absolute Gasteiger partial charge is 0.351 e. The molecule has 2 N–H and O–H groups in total. The first-order chi connectivity index (χ1) is 12.5. The van der Waals surface area contributed by atoms with E-state index in [0.717, 1.165) is 37.9 Å². The van der Waals surface area contributed by atoms with Gasteiger partial charge in [-0.05, 0) is 57.5 Å².